The Bertz CT molecular complexity index is 323. The van der Waals surface area contributed by atoms with E-state index in [4.69, 9.17) is 0 Å². The van der Waals surface area contributed by atoms with E-state index in [0.717, 1.165) is 31.7 Å². The molecule has 0 aromatic rings. The predicted molar refractivity (Wildman–Crippen MR) is 88.0 cm³/mol. The zero-order valence-corrected chi connectivity index (χ0v) is 14.2. The van der Waals surface area contributed by atoms with E-state index in [2.05, 4.69) is 31.0 Å². The molecule has 1 aliphatic carbocycles. The Morgan fingerprint density at radius 3 is 2.57 bits per heavy atom. The third-order valence-electron chi connectivity index (χ3n) is 5.14. The van der Waals surface area contributed by atoms with E-state index in [1.165, 1.54) is 38.5 Å². The summed E-state index contributed by atoms with van der Waals surface area (Å²) < 4.78 is 0. The second kappa shape index (κ2) is 8.17. The number of hydrogen-bond acceptors (Lipinski definition) is 2. The van der Waals surface area contributed by atoms with E-state index in [-0.39, 0.29) is 6.04 Å². The van der Waals surface area contributed by atoms with Crippen molar-refractivity contribution in [2.24, 2.45) is 11.8 Å². The molecule has 122 valence electrons. The maximum Gasteiger partial charge on any atom is 0.241 e. The lowest BCUT2D eigenvalue weighted by Crippen LogP contribution is -2.43. The molecule has 21 heavy (non-hydrogen) atoms. The average molecular weight is 294 g/mol. The summed E-state index contributed by atoms with van der Waals surface area (Å²) >= 11 is 0. The summed E-state index contributed by atoms with van der Waals surface area (Å²) in [5, 5.41) is 3.66. The number of nitrogens with zero attached hydrogens (tertiary/aromatic N) is 1. The third kappa shape index (κ3) is 4.45. The molecule has 1 N–H and O–H groups in total. The van der Waals surface area contributed by atoms with E-state index < -0.39 is 0 Å². The molecular weight excluding hydrogens is 260 g/mol. The highest BCUT2D eigenvalue weighted by Crippen LogP contribution is 2.32. The zero-order valence-electron chi connectivity index (χ0n) is 14.2. The highest BCUT2D eigenvalue weighted by molar-refractivity contribution is 5.84. The molecule has 1 amide bonds. The Morgan fingerprint density at radius 2 is 1.95 bits per heavy atom. The van der Waals surface area contributed by atoms with Crippen LogP contribution in [0.3, 0.4) is 0 Å². The number of nitrogens with one attached hydrogen (secondary N) is 1. The lowest BCUT2D eigenvalue weighted by Gasteiger charge is -2.29. The number of amides is 1. The zero-order chi connectivity index (χ0) is 15.2. The van der Waals surface area contributed by atoms with Gasteiger partial charge >= 0.3 is 0 Å². The summed E-state index contributed by atoms with van der Waals surface area (Å²) in [4.78, 5) is 14.8. The van der Waals surface area contributed by atoms with Crippen LogP contribution in [-0.2, 0) is 4.79 Å². The van der Waals surface area contributed by atoms with Gasteiger partial charge in [0.1, 0.15) is 0 Å². The van der Waals surface area contributed by atoms with Gasteiger partial charge in [-0.15, -0.1) is 0 Å². The number of hydrogen-bond donors (Lipinski definition) is 1. The Balaban J connectivity index is 1.90. The second-order valence-electron chi connectivity index (χ2n) is 7.42. The predicted octanol–water partition coefficient (Wildman–Crippen LogP) is 3.93. The van der Waals surface area contributed by atoms with Gasteiger partial charge in [0.15, 0.2) is 0 Å². The molecule has 0 aromatic carbocycles. The minimum Gasteiger partial charge on any atom is -0.326 e. The third-order valence-corrected chi connectivity index (χ3v) is 5.14. The number of unbranched alkanes of at least 4 members (excludes halogenated alkanes) is 1. The van der Waals surface area contributed by atoms with Gasteiger partial charge in [0.25, 0.3) is 0 Å². The first-order valence-corrected chi connectivity index (χ1v) is 9.20. The van der Waals surface area contributed by atoms with Gasteiger partial charge in [-0.1, -0.05) is 52.9 Å². The van der Waals surface area contributed by atoms with Crippen molar-refractivity contribution in [1.82, 2.24) is 10.2 Å². The molecule has 0 radical (unpaired) electrons. The van der Waals surface area contributed by atoms with Crippen molar-refractivity contribution in [3.63, 3.8) is 0 Å². The lowest BCUT2D eigenvalue weighted by atomic mass is 10.0. The molecule has 0 bridgehead atoms. The van der Waals surface area contributed by atoms with Crippen LogP contribution in [0.15, 0.2) is 0 Å². The summed E-state index contributed by atoms with van der Waals surface area (Å²) in [6.45, 7) is 7.69. The molecule has 2 rings (SSSR count). The summed E-state index contributed by atoms with van der Waals surface area (Å²) in [6, 6.07) is 0.0886. The number of rotatable bonds is 8. The first-order valence-electron chi connectivity index (χ1n) is 9.20. The molecule has 1 aliphatic heterocycles. The maximum atomic E-state index is 12.7. The molecule has 1 saturated heterocycles. The first kappa shape index (κ1) is 16.8. The van der Waals surface area contributed by atoms with Gasteiger partial charge < -0.3 is 4.90 Å². The summed E-state index contributed by atoms with van der Waals surface area (Å²) in [5.74, 6) is 1.84. The maximum absolute atomic E-state index is 12.7. The van der Waals surface area contributed by atoms with Crippen molar-refractivity contribution in [2.75, 3.05) is 6.54 Å². The summed E-state index contributed by atoms with van der Waals surface area (Å²) in [5.41, 5.74) is 0. The quantitative estimate of drug-likeness (QED) is 0.688. The van der Waals surface area contributed by atoms with Crippen molar-refractivity contribution in [2.45, 2.75) is 90.8 Å². The molecule has 3 heteroatoms. The van der Waals surface area contributed by atoms with Crippen LogP contribution in [0.5, 0.6) is 0 Å². The van der Waals surface area contributed by atoms with E-state index >= 15 is 0 Å². The molecule has 2 unspecified atom stereocenters. The van der Waals surface area contributed by atoms with Crippen molar-refractivity contribution in [3.05, 3.63) is 0 Å². The Labute approximate surface area is 130 Å². The fourth-order valence-corrected chi connectivity index (χ4v) is 3.95. The van der Waals surface area contributed by atoms with Gasteiger partial charge in [-0.2, -0.15) is 0 Å². The molecule has 0 spiro atoms. The SMILES string of the molecule is CCCC1NC(C2CCCC2)N(CCCCC(C)C)C1=O. The van der Waals surface area contributed by atoms with Gasteiger partial charge in [-0.25, -0.2) is 0 Å². The molecule has 2 aliphatic rings. The molecule has 3 nitrogen and oxygen atoms in total. The van der Waals surface area contributed by atoms with Crippen LogP contribution < -0.4 is 5.32 Å². The normalized spacial score (nSPS) is 27.2. The van der Waals surface area contributed by atoms with Crippen LogP contribution in [0.1, 0.15) is 78.6 Å². The molecule has 2 atom stereocenters. The van der Waals surface area contributed by atoms with Gasteiger partial charge in [0.2, 0.25) is 5.91 Å². The molecule has 2 fully saturated rings. The van der Waals surface area contributed by atoms with Crippen molar-refractivity contribution in [1.29, 1.82) is 0 Å². The number of carbonyl (C=O) groups excluding carboxylic acids is 1. The summed E-state index contributed by atoms with van der Waals surface area (Å²) in [6.07, 6.45) is 11.4. The average Bonchev–Trinajstić information content (AvgIpc) is 3.05. The van der Waals surface area contributed by atoms with Gasteiger partial charge in [-0.05, 0) is 37.5 Å². The van der Waals surface area contributed by atoms with Crippen LogP contribution >= 0.6 is 0 Å². The van der Waals surface area contributed by atoms with Crippen molar-refractivity contribution in [3.8, 4) is 0 Å². The molecule has 0 aromatic heterocycles. The largest absolute Gasteiger partial charge is 0.326 e. The van der Waals surface area contributed by atoms with E-state index in [1.54, 1.807) is 0 Å². The Kier molecular flexibility index (Phi) is 6.53. The van der Waals surface area contributed by atoms with Crippen molar-refractivity contribution < 1.29 is 4.79 Å². The van der Waals surface area contributed by atoms with Crippen LogP contribution in [0.4, 0.5) is 0 Å². The van der Waals surface area contributed by atoms with Gasteiger partial charge in [0.05, 0.1) is 12.2 Å². The lowest BCUT2D eigenvalue weighted by molar-refractivity contribution is -0.130. The van der Waals surface area contributed by atoms with E-state index in [0.29, 0.717) is 18.0 Å². The Morgan fingerprint density at radius 1 is 1.24 bits per heavy atom. The highest BCUT2D eigenvalue weighted by atomic mass is 16.2. The smallest absolute Gasteiger partial charge is 0.241 e. The fourth-order valence-electron chi connectivity index (χ4n) is 3.95. The molecule has 1 heterocycles. The van der Waals surface area contributed by atoms with E-state index in [1.807, 2.05) is 0 Å². The standard InChI is InChI=1S/C18H34N2O/c1-4-9-16-18(21)20(13-8-7-10-14(2)3)17(19-16)15-11-5-6-12-15/h14-17,19H,4-13H2,1-3H3. The topological polar surface area (TPSA) is 32.3 Å². The molecular formula is C18H34N2O. The second-order valence-corrected chi connectivity index (χ2v) is 7.42. The fraction of sp³-hybridized carbons (Fsp3) is 0.944. The van der Waals surface area contributed by atoms with Crippen LogP contribution in [0.2, 0.25) is 0 Å². The van der Waals surface area contributed by atoms with Crippen molar-refractivity contribution >= 4 is 5.91 Å². The monoisotopic (exact) mass is 294 g/mol. The minimum absolute atomic E-state index is 0.0886. The van der Waals surface area contributed by atoms with E-state index in [9.17, 15) is 4.79 Å². The summed E-state index contributed by atoms with van der Waals surface area (Å²) in [7, 11) is 0. The minimum atomic E-state index is 0.0886. The Hall–Kier alpha value is -0.570. The number of carbonyl (C=O) groups is 1. The van der Waals surface area contributed by atoms with Crippen LogP contribution in [0, 0.1) is 11.8 Å². The first-order chi connectivity index (χ1) is 10.1. The van der Waals surface area contributed by atoms with Crippen LogP contribution in [-0.4, -0.2) is 29.6 Å². The van der Waals surface area contributed by atoms with Crippen LogP contribution in [0.25, 0.3) is 0 Å². The highest BCUT2D eigenvalue weighted by Gasteiger charge is 2.42. The van der Waals surface area contributed by atoms with Gasteiger partial charge in [0, 0.05) is 6.54 Å². The van der Waals surface area contributed by atoms with Gasteiger partial charge in [-0.3, -0.25) is 10.1 Å². The molecule has 1 saturated carbocycles.